The van der Waals surface area contributed by atoms with Crippen molar-refractivity contribution < 1.29 is 4.39 Å². The number of rotatable bonds is 5. The fourth-order valence-corrected chi connectivity index (χ4v) is 3.36. The molecule has 0 radical (unpaired) electrons. The smallest absolute Gasteiger partial charge is 0.298 e. The SMILES string of the molecule is Cc1ccccc1Cn1c(N/N=C/c2ccc(F)cc2)nc2c1c(=O)n(C)c(=O)n2C. The summed E-state index contributed by atoms with van der Waals surface area (Å²) in [6, 6.07) is 13.7. The molecule has 31 heavy (non-hydrogen) atoms. The van der Waals surface area contributed by atoms with Crippen LogP contribution in [0.3, 0.4) is 0 Å². The van der Waals surface area contributed by atoms with Crippen LogP contribution in [0.1, 0.15) is 16.7 Å². The number of aryl methyl sites for hydroxylation is 2. The van der Waals surface area contributed by atoms with Gasteiger partial charge in [-0.3, -0.25) is 18.5 Å². The summed E-state index contributed by atoms with van der Waals surface area (Å²) in [5.74, 6) is -0.0168. The van der Waals surface area contributed by atoms with Gasteiger partial charge in [0.2, 0.25) is 5.95 Å². The van der Waals surface area contributed by atoms with Crippen LogP contribution in [0.25, 0.3) is 11.2 Å². The van der Waals surface area contributed by atoms with Crippen molar-refractivity contribution in [3.05, 3.63) is 91.9 Å². The summed E-state index contributed by atoms with van der Waals surface area (Å²) in [6.07, 6.45) is 1.52. The summed E-state index contributed by atoms with van der Waals surface area (Å²) in [5.41, 5.74) is 5.29. The summed E-state index contributed by atoms with van der Waals surface area (Å²) in [7, 11) is 3.01. The average Bonchev–Trinajstić information content (AvgIpc) is 3.12. The van der Waals surface area contributed by atoms with E-state index in [4.69, 9.17) is 0 Å². The molecule has 4 rings (SSSR count). The van der Waals surface area contributed by atoms with Crippen LogP contribution >= 0.6 is 0 Å². The van der Waals surface area contributed by atoms with Gasteiger partial charge in [0.25, 0.3) is 5.56 Å². The zero-order valence-electron chi connectivity index (χ0n) is 17.3. The molecule has 1 N–H and O–H groups in total. The van der Waals surface area contributed by atoms with Crippen LogP contribution in [0.4, 0.5) is 10.3 Å². The van der Waals surface area contributed by atoms with Gasteiger partial charge in [0.05, 0.1) is 12.8 Å². The van der Waals surface area contributed by atoms with Gasteiger partial charge in [-0.2, -0.15) is 10.1 Å². The molecule has 0 aliphatic heterocycles. The Bertz CT molecular complexity index is 1410. The number of hydrogen-bond acceptors (Lipinski definition) is 5. The van der Waals surface area contributed by atoms with Crippen LogP contribution in [0.2, 0.25) is 0 Å². The van der Waals surface area contributed by atoms with Gasteiger partial charge in [-0.1, -0.05) is 36.4 Å². The number of benzene rings is 2. The topological polar surface area (TPSA) is 86.2 Å². The Morgan fingerprint density at radius 2 is 1.77 bits per heavy atom. The van der Waals surface area contributed by atoms with Crippen LogP contribution in [0.15, 0.2) is 63.2 Å². The lowest BCUT2D eigenvalue weighted by Gasteiger charge is -2.11. The molecule has 0 spiro atoms. The van der Waals surface area contributed by atoms with Crippen molar-refractivity contribution >= 4 is 23.3 Å². The molecule has 0 saturated heterocycles. The molecular formula is C22H21FN6O2. The van der Waals surface area contributed by atoms with Crippen LogP contribution in [-0.4, -0.2) is 24.9 Å². The molecule has 0 aliphatic carbocycles. The lowest BCUT2D eigenvalue weighted by Crippen LogP contribution is -2.37. The van der Waals surface area contributed by atoms with Crippen LogP contribution in [0, 0.1) is 12.7 Å². The fourth-order valence-electron chi connectivity index (χ4n) is 3.36. The molecule has 0 aliphatic rings. The van der Waals surface area contributed by atoms with E-state index in [-0.39, 0.29) is 11.5 Å². The molecule has 158 valence electrons. The third-order valence-corrected chi connectivity index (χ3v) is 5.19. The number of aromatic nitrogens is 4. The molecule has 0 bridgehead atoms. The minimum atomic E-state index is -0.459. The van der Waals surface area contributed by atoms with Gasteiger partial charge in [-0.15, -0.1) is 0 Å². The van der Waals surface area contributed by atoms with Crippen molar-refractivity contribution in [2.75, 3.05) is 5.43 Å². The third kappa shape index (κ3) is 3.77. The number of hydrazone groups is 1. The molecular weight excluding hydrogens is 399 g/mol. The van der Waals surface area contributed by atoms with Gasteiger partial charge in [0.1, 0.15) is 5.82 Å². The van der Waals surface area contributed by atoms with E-state index in [0.717, 1.165) is 15.7 Å². The van der Waals surface area contributed by atoms with E-state index in [1.165, 1.54) is 30.0 Å². The summed E-state index contributed by atoms with van der Waals surface area (Å²) in [4.78, 5) is 29.8. The normalized spacial score (nSPS) is 11.5. The first-order valence-electron chi connectivity index (χ1n) is 9.62. The summed E-state index contributed by atoms with van der Waals surface area (Å²) in [5, 5.41) is 4.19. The van der Waals surface area contributed by atoms with Crippen molar-refractivity contribution in [1.29, 1.82) is 0 Å². The Morgan fingerprint density at radius 1 is 1.06 bits per heavy atom. The maximum Gasteiger partial charge on any atom is 0.332 e. The van der Waals surface area contributed by atoms with Crippen LogP contribution in [0.5, 0.6) is 0 Å². The maximum absolute atomic E-state index is 13.1. The molecule has 0 amide bonds. The van der Waals surface area contributed by atoms with E-state index in [9.17, 15) is 14.0 Å². The number of imidazole rings is 1. The monoisotopic (exact) mass is 420 g/mol. The van der Waals surface area contributed by atoms with Gasteiger partial charge in [-0.25, -0.2) is 14.6 Å². The van der Waals surface area contributed by atoms with E-state index in [1.54, 1.807) is 23.7 Å². The molecule has 0 unspecified atom stereocenters. The molecule has 0 atom stereocenters. The highest BCUT2D eigenvalue weighted by atomic mass is 19.1. The minimum absolute atomic E-state index is 0.265. The number of nitrogens with zero attached hydrogens (tertiary/aromatic N) is 5. The second-order valence-electron chi connectivity index (χ2n) is 7.25. The average molecular weight is 420 g/mol. The number of hydrogen-bond donors (Lipinski definition) is 1. The summed E-state index contributed by atoms with van der Waals surface area (Å²) < 4.78 is 17.2. The van der Waals surface area contributed by atoms with Gasteiger partial charge < -0.3 is 0 Å². The van der Waals surface area contributed by atoms with E-state index >= 15 is 0 Å². The fraction of sp³-hybridized carbons (Fsp3) is 0.182. The Labute approximate surface area is 176 Å². The number of halogens is 1. The summed E-state index contributed by atoms with van der Waals surface area (Å²) >= 11 is 0. The molecule has 2 aromatic heterocycles. The van der Waals surface area contributed by atoms with Crippen molar-refractivity contribution in [2.24, 2.45) is 19.2 Å². The predicted octanol–water partition coefficient (Wildman–Crippen LogP) is 2.38. The first-order chi connectivity index (χ1) is 14.9. The quantitative estimate of drug-likeness (QED) is 0.397. The number of fused-ring (bicyclic) bond motifs is 1. The van der Waals surface area contributed by atoms with E-state index in [0.29, 0.717) is 23.6 Å². The molecule has 4 aromatic rings. The number of nitrogens with one attached hydrogen (secondary N) is 1. The standard InChI is InChI=1S/C22H21FN6O2/c1-14-6-4-5-7-16(14)13-29-18-19(27(2)22(31)28(3)20(18)30)25-21(29)26-24-12-15-8-10-17(23)11-9-15/h4-12H,13H2,1-3H3,(H,25,26)/b24-12+. The Kier molecular flexibility index (Phi) is 5.24. The van der Waals surface area contributed by atoms with Gasteiger partial charge in [0, 0.05) is 14.1 Å². The Morgan fingerprint density at radius 3 is 2.48 bits per heavy atom. The predicted molar refractivity (Wildman–Crippen MR) is 118 cm³/mol. The highest BCUT2D eigenvalue weighted by Crippen LogP contribution is 2.19. The van der Waals surface area contributed by atoms with E-state index in [1.807, 2.05) is 31.2 Å². The highest BCUT2D eigenvalue weighted by molar-refractivity contribution is 5.80. The van der Waals surface area contributed by atoms with Crippen molar-refractivity contribution in [1.82, 2.24) is 18.7 Å². The largest absolute Gasteiger partial charge is 0.332 e. The zero-order chi connectivity index (χ0) is 22.1. The second kappa shape index (κ2) is 8.02. The first-order valence-corrected chi connectivity index (χ1v) is 9.62. The third-order valence-electron chi connectivity index (χ3n) is 5.19. The Hall–Kier alpha value is -4.01. The van der Waals surface area contributed by atoms with E-state index < -0.39 is 11.2 Å². The molecule has 8 nitrogen and oxygen atoms in total. The minimum Gasteiger partial charge on any atom is -0.298 e. The van der Waals surface area contributed by atoms with Crippen molar-refractivity contribution in [3.8, 4) is 0 Å². The zero-order valence-corrected chi connectivity index (χ0v) is 17.3. The molecule has 0 fully saturated rings. The molecule has 2 aromatic carbocycles. The van der Waals surface area contributed by atoms with Crippen molar-refractivity contribution in [2.45, 2.75) is 13.5 Å². The van der Waals surface area contributed by atoms with Gasteiger partial charge in [0.15, 0.2) is 11.2 Å². The molecule has 9 heteroatoms. The maximum atomic E-state index is 13.1. The van der Waals surface area contributed by atoms with Gasteiger partial charge in [-0.05, 0) is 35.7 Å². The van der Waals surface area contributed by atoms with Crippen LogP contribution in [-0.2, 0) is 20.6 Å². The summed E-state index contributed by atoms with van der Waals surface area (Å²) in [6.45, 7) is 2.35. The van der Waals surface area contributed by atoms with Crippen molar-refractivity contribution in [3.63, 3.8) is 0 Å². The molecule has 0 saturated carbocycles. The lowest BCUT2D eigenvalue weighted by molar-refractivity contribution is 0.628. The molecule has 2 heterocycles. The Balaban J connectivity index is 1.83. The van der Waals surface area contributed by atoms with Gasteiger partial charge >= 0.3 is 5.69 Å². The van der Waals surface area contributed by atoms with E-state index in [2.05, 4.69) is 15.5 Å². The van der Waals surface area contributed by atoms with Crippen LogP contribution < -0.4 is 16.7 Å². The second-order valence-corrected chi connectivity index (χ2v) is 7.25. The highest BCUT2D eigenvalue weighted by Gasteiger charge is 2.19. The lowest BCUT2D eigenvalue weighted by atomic mass is 10.1. The first kappa shape index (κ1) is 20.3. The number of anilines is 1.